The van der Waals surface area contributed by atoms with E-state index < -0.39 is 9.84 Å². The van der Waals surface area contributed by atoms with Gasteiger partial charge in [-0.25, -0.2) is 8.42 Å². The van der Waals surface area contributed by atoms with Gasteiger partial charge in [0.15, 0.2) is 9.84 Å². The molecule has 6 heteroatoms. The molecule has 144 valence electrons. The van der Waals surface area contributed by atoms with Gasteiger partial charge in [0, 0.05) is 30.6 Å². The molecular formula is C21H26N2O3S. The topological polar surface area (TPSA) is 66.5 Å². The highest BCUT2D eigenvalue weighted by molar-refractivity contribution is 7.90. The minimum Gasteiger partial charge on any atom is -0.322 e. The molecule has 1 fully saturated rings. The molecule has 1 aliphatic rings. The first-order chi connectivity index (χ1) is 12.8. The van der Waals surface area contributed by atoms with Crippen LogP contribution in [-0.4, -0.2) is 38.6 Å². The molecule has 3 rings (SSSR count). The van der Waals surface area contributed by atoms with E-state index in [1.807, 2.05) is 24.3 Å². The van der Waals surface area contributed by atoms with Gasteiger partial charge in [0.1, 0.15) is 0 Å². The number of benzene rings is 2. The van der Waals surface area contributed by atoms with Crippen LogP contribution in [-0.2, 0) is 16.4 Å². The summed E-state index contributed by atoms with van der Waals surface area (Å²) in [7, 11) is -3.26. The monoisotopic (exact) mass is 386 g/mol. The van der Waals surface area contributed by atoms with Gasteiger partial charge in [0.2, 0.25) is 0 Å². The van der Waals surface area contributed by atoms with Gasteiger partial charge in [0.05, 0.1) is 4.90 Å². The Morgan fingerprint density at radius 1 is 1.11 bits per heavy atom. The molecule has 0 aromatic heterocycles. The van der Waals surface area contributed by atoms with Crippen LogP contribution in [0.5, 0.6) is 0 Å². The van der Waals surface area contributed by atoms with Crippen LogP contribution in [0.4, 0.5) is 5.69 Å². The summed E-state index contributed by atoms with van der Waals surface area (Å²) in [6, 6.07) is 13.9. The van der Waals surface area contributed by atoms with Gasteiger partial charge in [-0.3, -0.25) is 9.69 Å². The second-order valence-electron chi connectivity index (χ2n) is 7.43. The smallest absolute Gasteiger partial charge is 0.255 e. The molecule has 1 heterocycles. The molecule has 1 N–H and O–H groups in total. The van der Waals surface area contributed by atoms with Gasteiger partial charge in [-0.15, -0.1) is 0 Å². The number of nitrogens with one attached hydrogen (secondary N) is 1. The minimum absolute atomic E-state index is 0.204. The highest BCUT2D eigenvalue weighted by Crippen LogP contribution is 2.19. The van der Waals surface area contributed by atoms with Crippen molar-refractivity contribution in [1.82, 2.24) is 4.90 Å². The second kappa shape index (κ2) is 8.23. The predicted octanol–water partition coefficient (Wildman–Crippen LogP) is 3.57. The molecule has 1 amide bonds. The molecule has 0 saturated carbocycles. The van der Waals surface area contributed by atoms with Gasteiger partial charge in [-0.1, -0.05) is 19.1 Å². The maximum absolute atomic E-state index is 12.3. The quantitative estimate of drug-likeness (QED) is 0.853. The lowest BCUT2D eigenvalue weighted by molar-refractivity contribution is 0.102. The van der Waals surface area contributed by atoms with Crippen LogP contribution in [0.1, 0.15) is 35.7 Å². The Bertz CT molecular complexity index is 890. The van der Waals surface area contributed by atoms with Crippen molar-refractivity contribution in [1.29, 1.82) is 0 Å². The van der Waals surface area contributed by atoms with E-state index in [2.05, 4.69) is 17.1 Å². The third kappa shape index (κ3) is 5.40. The number of likely N-dealkylation sites (tertiary alicyclic amines) is 1. The maximum atomic E-state index is 12.3. The SMILES string of the molecule is CC1CCCN(Cc2ccc(NC(=O)c3ccc(S(C)(=O)=O)cc3)cc2)C1. The number of sulfone groups is 1. The number of hydrogen-bond donors (Lipinski definition) is 1. The normalized spacial score (nSPS) is 18.2. The molecule has 1 aliphatic heterocycles. The van der Waals surface area contributed by atoms with Crippen molar-refractivity contribution in [3.63, 3.8) is 0 Å². The fourth-order valence-corrected chi connectivity index (χ4v) is 4.07. The first-order valence-corrected chi connectivity index (χ1v) is 11.1. The van der Waals surface area contributed by atoms with E-state index in [9.17, 15) is 13.2 Å². The van der Waals surface area contributed by atoms with Crippen molar-refractivity contribution < 1.29 is 13.2 Å². The highest BCUT2D eigenvalue weighted by atomic mass is 32.2. The first kappa shape index (κ1) is 19.6. The van der Waals surface area contributed by atoms with Crippen LogP contribution < -0.4 is 5.32 Å². The third-order valence-electron chi connectivity index (χ3n) is 4.90. The van der Waals surface area contributed by atoms with Crippen LogP contribution in [0.3, 0.4) is 0 Å². The average Bonchev–Trinajstić information content (AvgIpc) is 2.63. The number of hydrogen-bond acceptors (Lipinski definition) is 4. The number of piperidine rings is 1. The lowest BCUT2D eigenvalue weighted by atomic mass is 10.00. The Morgan fingerprint density at radius 3 is 2.37 bits per heavy atom. The average molecular weight is 387 g/mol. The van der Waals surface area contributed by atoms with E-state index in [4.69, 9.17) is 0 Å². The lowest BCUT2D eigenvalue weighted by Gasteiger charge is -2.30. The summed E-state index contributed by atoms with van der Waals surface area (Å²) in [5.41, 5.74) is 2.39. The Labute approximate surface area is 161 Å². The standard InChI is InChI=1S/C21H26N2O3S/c1-16-4-3-13-23(14-16)15-17-5-9-19(10-6-17)22-21(24)18-7-11-20(12-8-18)27(2,25)26/h5-12,16H,3-4,13-15H2,1-2H3,(H,22,24). The van der Waals surface area contributed by atoms with Crippen molar-refractivity contribution in [2.24, 2.45) is 5.92 Å². The molecule has 0 radical (unpaired) electrons. The molecule has 5 nitrogen and oxygen atoms in total. The zero-order chi connectivity index (χ0) is 19.4. The number of rotatable bonds is 5. The Kier molecular flexibility index (Phi) is 5.97. The molecule has 27 heavy (non-hydrogen) atoms. The number of nitrogens with zero attached hydrogens (tertiary/aromatic N) is 1. The zero-order valence-electron chi connectivity index (χ0n) is 15.8. The summed E-state index contributed by atoms with van der Waals surface area (Å²) in [4.78, 5) is 15.0. The maximum Gasteiger partial charge on any atom is 0.255 e. The van der Waals surface area contributed by atoms with E-state index in [-0.39, 0.29) is 10.8 Å². The fourth-order valence-electron chi connectivity index (χ4n) is 3.44. The van der Waals surface area contributed by atoms with Crippen LogP contribution in [0.25, 0.3) is 0 Å². The molecule has 1 saturated heterocycles. The largest absolute Gasteiger partial charge is 0.322 e. The Hall–Kier alpha value is -2.18. The number of anilines is 1. The van der Waals surface area contributed by atoms with Crippen molar-refractivity contribution in [3.05, 3.63) is 59.7 Å². The van der Waals surface area contributed by atoms with Crippen molar-refractivity contribution in [2.75, 3.05) is 24.7 Å². The summed E-state index contributed by atoms with van der Waals surface area (Å²) in [6.07, 6.45) is 3.72. The third-order valence-corrected chi connectivity index (χ3v) is 6.03. The predicted molar refractivity (Wildman–Crippen MR) is 108 cm³/mol. The summed E-state index contributed by atoms with van der Waals surface area (Å²) in [6.45, 7) is 5.52. The van der Waals surface area contributed by atoms with E-state index in [1.165, 1.54) is 42.7 Å². The molecule has 0 bridgehead atoms. The van der Waals surface area contributed by atoms with Gasteiger partial charge in [0.25, 0.3) is 5.91 Å². The lowest BCUT2D eigenvalue weighted by Crippen LogP contribution is -2.33. The first-order valence-electron chi connectivity index (χ1n) is 9.24. The Balaban J connectivity index is 1.59. The summed E-state index contributed by atoms with van der Waals surface area (Å²) < 4.78 is 23.0. The zero-order valence-corrected chi connectivity index (χ0v) is 16.6. The van der Waals surface area contributed by atoms with Gasteiger partial charge in [-0.05, 0) is 67.3 Å². The van der Waals surface area contributed by atoms with Crippen LogP contribution >= 0.6 is 0 Å². The van der Waals surface area contributed by atoms with Crippen LogP contribution in [0.2, 0.25) is 0 Å². The van der Waals surface area contributed by atoms with E-state index in [1.54, 1.807) is 0 Å². The summed E-state index contributed by atoms with van der Waals surface area (Å²) >= 11 is 0. The molecule has 2 aromatic rings. The van der Waals surface area contributed by atoms with Crippen molar-refractivity contribution in [3.8, 4) is 0 Å². The molecular weight excluding hydrogens is 360 g/mol. The van der Waals surface area contributed by atoms with Gasteiger partial charge >= 0.3 is 0 Å². The number of carbonyl (C=O) groups is 1. The summed E-state index contributed by atoms with van der Waals surface area (Å²) in [5.74, 6) is 0.499. The molecule has 0 aliphatic carbocycles. The summed E-state index contributed by atoms with van der Waals surface area (Å²) in [5, 5.41) is 2.85. The second-order valence-corrected chi connectivity index (χ2v) is 9.45. The van der Waals surface area contributed by atoms with Gasteiger partial charge < -0.3 is 5.32 Å². The fraction of sp³-hybridized carbons (Fsp3) is 0.381. The van der Waals surface area contributed by atoms with E-state index >= 15 is 0 Å². The van der Waals surface area contributed by atoms with Crippen LogP contribution in [0, 0.1) is 5.92 Å². The molecule has 1 atom stereocenters. The van der Waals surface area contributed by atoms with Crippen LogP contribution in [0.15, 0.2) is 53.4 Å². The number of carbonyl (C=O) groups excluding carboxylic acids is 1. The van der Waals surface area contributed by atoms with Crippen molar-refractivity contribution >= 4 is 21.4 Å². The Morgan fingerprint density at radius 2 is 1.78 bits per heavy atom. The van der Waals surface area contributed by atoms with E-state index in [0.717, 1.165) is 37.5 Å². The number of amides is 1. The highest BCUT2D eigenvalue weighted by Gasteiger charge is 2.16. The molecule has 0 spiro atoms. The molecule has 2 aromatic carbocycles. The minimum atomic E-state index is -3.26. The van der Waals surface area contributed by atoms with E-state index in [0.29, 0.717) is 5.56 Å². The molecule has 1 unspecified atom stereocenters. The van der Waals surface area contributed by atoms with Crippen molar-refractivity contribution in [2.45, 2.75) is 31.2 Å². The van der Waals surface area contributed by atoms with Gasteiger partial charge in [-0.2, -0.15) is 0 Å².